The van der Waals surface area contributed by atoms with Gasteiger partial charge in [0.2, 0.25) is 29.5 Å². The van der Waals surface area contributed by atoms with Crippen LogP contribution in [-0.2, 0) is 44.7 Å². The molecular formula is C44H72N6O8. The molecule has 3 N–H and O–H groups in total. The number of amides is 6. The fraction of sp³-hybridized carbons (Fsp3) is 0.705. The normalized spacial score (nSPS) is 26.0. The highest BCUT2D eigenvalue weighted by Gasteiger charge is 2.40. The third kappa shape index (κ3) is 14.4. The van der Waals surface area contributed by atoms with Crippen LogP contribution in [0.5, 0.6) is 0 Å². The Balaban J connectivity index is 2.79. The Kier molecular flexibility index (Phi) is 19.9. The molecule has 14 heteroatoms. The SMILES string of the molecule is CCCC[C@@H](C)C[C@@H]1NC(=O)[C@@H](C)OC(=O)[C@H](C)N(C)C(=O)C(C(C)C)NC(=O)[C@H](Cc2ccccc2)N(C)C(=O)[C@H](CC(C)C)NC(=O)[C@H](CC(C)C)N(C)C1=O. The first-order valence-corrected chi connectivity index (χ1v) is 21.1. The molecule has 0 saturated carbocycles. The summed E-state index contributed by atoms with van der Waals surface area (Å²) in [5, 5.41) is 8.62. The van der Waals surface area contributed by atoms with Crippen molar-refractivity contribution in [3.05, 3.63) is 35.9 Å². The lowest BCUT2D eigenvalue weighted by Gasteiger charge is -2.36. The van der Waals surface area contributed by atoms with Gasteiger partial charge in [-0.25, -0.2) is 4.79 Å². The third-order valence-corrected chi connectivity index (χ3v) is 11.0. The van der Waals surface area contributed by atoms with Gasteiger partial charge in [-0.2, -0.15) is 0 Å². The Labute approximate surface area is 346 Å². The van der Waals surface area contributed by atoms with Crippen molar-refractivity contribution in [3.63, 3.8) is 0 Å². The first-order chi connectivity index (χ1) is 27.1. The number of hydrogen-bond donors (Lipinski definition) is 3. The minimum absolute atomic E-state index is 0.0321. The molecule has 0 aromatic heterocycles. The average molecular weight is 813 g/mol. The molecule has 0 aliphatic carbocycles. The van der Waals surface area contributed by atoms with Crippen LogP contribution in [0.1, 0.15) is 113 Å². The molecule has 58 heavy (non-hydrogen) atoms. The monoisotopic (exact) mass is 813 g/mol. The summed E-state index contributed by atoms with van der Waals surface area (Å²) < 4.78 is 5.57. The molecule has 1 unspecified atom stereocenters. The number of nitrogens with one attached hydrogen (secondary N) is 3. The number of cyclic esters (lactones) is 1. The molecule has 14 nitrogen and oxygen atoms in total. The maximum atomic E-state index is 14.6. The van der Waals surface area contributed by atoms with Crippen molar-refractivity contribution in [1.82, 2.24) is 30.7 Å². The number of esters is 1. The summed E-state index contributed by atoms with van der Waals surface area (Å²) in [6.45, 7) is 18.2. The van der Waals surface area contributed by atoms with Crippen molar-refractivity contribution in [3.8, 4) is 0 Å². The fourth-order valence-corrected chi connectivity index (χ4v) is 7.13. The van der Waals surface area contributed by atoms with Gasteiger partial charge in [0, 0.05) is 27.6 Å². The number of hydrogen-bond acceptors (Lipinski definition) is 8. The summed E-state index contributed by atoms with van der Waals surface area (Å²) >= 11 is 0. The molecule has 1 saturated heterocycles. The summed E-state index contributed by atoms with van der Waals surface area (Å²) in [5.74, 6) is -4.74. The molecule has 1 aliphatic heterocycles. The van der Waals surface area contributed by atoms with E-state index < -0.39 is 89.7 Å². The summed E-state index contributed by atoms with van der Waals surface area (Å²) in [6.07, 6.45) is 2.26. The van der Waals surface area contributed by atoms with E-state index in [-0.39, 0.29) is 43.4 Å². The van der Waals surface area contributed by atoms with Crippen LogP contribution in [0, 0.1) is 23.7 Å². The largest absolute Gasteiger partial charge is 0.451 e. The standard InChI is InChI=1S/C44H72N6O8/c1-14-15-19-29(8)24-34-42(55)49(12)35(23-27(4)5)39(52)46-33(22-26(2)3)41(54)50(13)36(25-32-20-17-16-18-21-32)40(53)47-37(28(6)7)43(56)48(11)30(9)44(57)58-31(10)38(51)45-34/h16-18,20-21,26-31,33-37H,14-15,19,22-25H2,1-13H3,(H,45,51)(H,46,52)(H,47,53)/t29-,30+,31-,33+,34+,35+,36+,37?/m1/s1. The molecule has 1 aliphatic rings. The van der Waals surface area contributed by atoms with E-state index in [0.717, 1.165) is 24.8 Å². The van der Waals surface area contributed by atoms with Crippen LogP contribution in [0.15, 0.2) is 30.3 Å². The number of carbonyl (C=O) groups is 7. The molecule has 1 aromatic rings. The second-order valence-corrected chi connectivity index (χ2v) is 17.4. The van der Waals surface area contributed by atoms with Crippen molar-refractivity contribution >= 4 is 41.4 Å². The molecule has 2 rings (SSSR count). The molecule has 1 aromatic carbocycles. The topological polar surface area (TPSA) is 175 Å². The van der Waals surface area contributed by atoms with Crippen LogP contribution in [0.2, 0.25) is 0 Å². The fourth-order valence-electron chi connectivity index (χ4n) is 7.13. The van der Waals surface area contributed by atoms with E-state index in [4.69, 9.17) is 4.74 Å². The molecule has 0 spiro atoms. The van der Waals surface area contributed by atoms with Crippen LogP contribution < -0.4 is 16.0 Å². The van der Waals surface area contributed by atoms with E-state index in [1.54, 1.807) is 13.8 Å². The molecule has 6 amide bonds. The zero-order chi connectivity index (χ0) is 44.0. The average Bonchev–Trinajstić information content (AvgIpc) is 3.17. The predicted molar refractivity (Wildman–Crippen MR) is 224 cm³/mol. The first kappa shape index (κ1) is 49.7. The van der Waals surface area contributed by atoms with Crippen molar-refractivity contribution in [2.75, 3.05) is 21.1 Å². The minimum Gasteiger partial charge on any atom is -0.451 e. The molecular weight excluding hydrogens is 741 g/mol. The van der Waals surface area contributed by atoms with Gasteiger partial charge in [0.05, 0.1) is 0 Å². The smallest absolute Gasteiger partial charge is 0.329 e. The maximum absolute atomic E-state index is 14.6. The van der Waals surface area contributed by atoms with E-state index in [2.05, 4.69) is 22.9 Å². The Morgan fingerprint density at radius 2 is 1.16 bits per heavy atom. The van der Waals surface area contributed by atoms with Crippen LogP contribution in [-0.4, -0.2) is 120 Å². The lowest BCUT2D eigenvalue weighted by atomic mass is 9.94. The number of ether oxygens (including phenoxy) is 1. The van der Waals surface area contributed by atoms with Gasteiger partial charge in [0.15, 0.2) is 6.10 Å². The van der Waals surface area contributed by atoms with E-state index >= 15 is 0 Å². The Morgan fingerprint density at radius 1 is 0.638 bits per heavy atom. The van der Waals surface area contributed by atoms with Crippen LogP contribution in [0.3, 0.4) is 0 Å². The van der Waals surface area contributed by atoms with E-state index in [0.29, 0.717) is 0 Å². The van der Waals surface area contributed by atoms with Gasteiger partial charge >= 0.3 is 5.97 Å². The Morgan fingerprint density at radius 3 is 1.69 bits per heavy atom. The highest BCUT2D eigenvalue weighted by Crippen LogP contribution is 2.21. The molecule has 0 bridgehead atoms. The first-order valence-electron chi connectivity index (χ1n) is 21.1. The highest BCUT2D eigenvalue weighted by molar-refractivity contribution is 5.97. The predicted octanol–water partition coefficient (Wildman–Crippen LogP) is 4.09. The van der Waals surface area contributed by atoms with Crippen molar-refractivity contribution in [1.29, 1.82) is 0 Å². The molecule has 0 radical (unpaired) electrons. The quantitative estimate of drug-likeness (QED) is 0.265. The maximum Gasteiger partial charge on any atom is 0.329 e. The van der Waals surface area contributed by atoms with E-state index in [9.17, 15) is 33.6 Å². The van der Waals surface area contributed by atoms with Gasteiger partial charge < -0.3 is 35.4 Å². The van der Waals surface area contributed by atoms with Crippen molar-refractivity contribution in [2.24, 2.45) is 23.7 Å². The lowest BCUT2D eigenvalue weighted by molar-refractivity contribution is -0.162. The second-order valence-electron chi connectivity index (χ2n) is 17.4. The highest BCUT2D eigenvalue weighted by atomic mass is 16.5. The Hall–Kier alpha value is -4.49. The van der Waals surface area contributed by atoms with Gasteiger partial charge in [-0.3, -0.25) is 28.8 Å². The zero-order valence-corrected chi connectivity index (χ0v) is 37.3. The molecule has 8 atom stereocenters. The number of unbranched alkanes of at least 4 members (excludes halogenated alkanes) is 1. The summed E-state index contributed by atoms with van der Waals surface area (Å²) in [4.78, 5) is 103. The van der Waals surface area contributed by atoms with Gasteiger partial charge in [-0.15, -0.1) is 0 Å². The van der Waals surface area contributed by atoms with Crippen LogP contribution in [0.4, 0.5) is 0 Å². The molecule has 1 fully saturated rings. The van der Waals surface area contributed by atoms with Gasteiger partial charge in [-0.1, -0.05) is 105 Å². The van der Waals surface area contributed by atoms with Crippen molar-refractivity contribution in [2.45, 2.75) is 157 Å². The Bertz CT molecular complexity index is 1550. The van der Waals surface area contributed by atoms with Crippen LogP contribution >= 0.6 is 0 Å². The second kappa shape index (κ2) is 23.2. The number of likely N-dealkylation sites (N-methyl/N-ethyl adjacent to an activating group) is 3. The van der Waals surface area contributed by atoms with E-state index in [1.165, 1.54) is 49.7 Å². The summed E-state index contributed by atoms with van der Waals surface area (Å²) in [7, 11) is 4.45. The summed E-state index contributed by atoms with van der Waals surface area (Å²) in [6, 6.07) is 2.72. The van der Waals surface area contributed by atoms with Crippen molar-refractivity contribution < 1.29 is 38.3 Å². The van der Waals surface area contributed by atoms with Gasteiger partial charge in [0.25, 0.3) is 5.91 Å². The third-order valence-electron chi connectivity index (χ3n) is 11.0. The zero-order valence-electron chi connectivity index (χ0n) is 37.3. The molecule has 1 heterocycles. The summed E-state index contributed by atoms with van der Waals surface area (Å²) in [5.41, 5.74) is 0.770. The number of benzene rings is 1. The number of carbonyl (C=O) groups excluding carboxylic acids is 7. The minimum atomic E-state index is -1.33. The van der Waals surface area contributed by atoms with Crippen LogP contribution in [0.25, 0.3) is 0 Å². The molecule has 326 valence electrons. The van der Waals surface area contributed by atoms with Gasteiger partial charge in [0.1, 0.15) is 36.3 Å². The van der Waals surface area contributed by atoms with Gasteiger partial charge in [-0.05, 0) is 62.3 Å². The number of rotatable bonds is 12. The van der Waals surface area contributed by atoms with E-state index in [1.807, 2.05) is 65.0 Å². The lowest BCUT2D eigenvalue weighted by Crippen LogP contribution is -2.61. The number of nitrogens with zero attached hydrogens (tertiary/aromatic N) is 3.